The van der Waals surface area contributed by atoms with Crippen molar-refractivity contribution in [2.45, 2.75) is 0 Å². The standard InChI is InChI=1S/C7H6BrN3O/c1-11-7(6(12)2-8)5(3-9)4-10-11/h4H,2H2,1H3. The lowest BCUT2D eigenvalue weighted by molar-refractivity contribution is 0.101. The van der Waals surface area contributed by atoms with E-state index in [4.69, 9.17) is 5.26 Å². The van der Waals surface area contributed by atoms with Crippen LogP contribution in [0.1, 0.15) is 16.1 Å². The molecule has 4 nitrogen and oxygen atoms in total. The first-order chi connectivity index (χ1) is 5.70. The first kappa shape index (κ1) is 8.94. The van der Waals surface area contributed by atoms with Crippen LogP contribution in [0.5, 0.6) is 0 Å². The number of carbonyl (C=O) groups is 1. The Bertz CT molecular complexity index is 350. The van der Waals surface area contributed by atoms with E-state index >= 15 is 0 Å². The molecule has 62 valence electrons. The van der Waals surface area contributed by atoms with E-state index in [0.29, 0.717) is 11.3 Å². The summed E-state index contributed by atoms with van der Waals surface area (Å²) in [6, 6.07) is 1.91. The van der Waals surface area contributed by atoms with Gasteiger partial charge >= 0.3 is 0 Å². The van der Waals surface area contributed by atoms with Crippen molar-refractivity contribution in [1.29, 1.82) is 5.26 Å². The van der Waals surface area contributed by atoms with E-state index < -0.39 is 0 Å². The van der Waals surface area contributed by atoms with Crippen molar-refractivity contribution in [3.63, 3.8) is 0 Å². The summed E-state index contributed by atoms with van der Waals surface area (Å²) in [4.78, 5) is 11.2. The van der Waals surface area contributed by atoms with E-state index in [0.717, 1.165) is 0 Å². The van der Waals surface area contributed by atoms with Crippen molar-refractivity contribution in [3.8, 4) is 6.07 Å². The average molecular weight is 228 g/mol. The quantitative estimate of drug-likeness (QED) is 0.557. The summed E-state index contributed by atoms with van der Waals surface area (Å²) in [7, 11) is 1.64. The van der Waals surface area contributed by atoms with Crippen LogP contribution in [0.25, 0.3) is 0 Å². The third-order valence-electron chi connectivity index (χ3n) is 1.44. The lowest BCUT2D eigenvalue weighted by atomic mass is 10.2. The van der Waals surface area contributed by atoms with Gasteiger partial charge in [0.25, 0.3) is 0 Å². The highest BCUT2D eigenvalue weighted by Crippen LogP contribution is 2.07. The summed E-state index contributed by atoms with van der Waals surface area (Å²) in [5.41, 5.74) is 0.677. The predicted molar refractivity (Wildman–Crippen MR) is 46.0 cm³/mol. The van der Waals surface area contributed by atoms with Gasteiger partial charge in [-0.2, -0.15) is 10.4 Å². The minimum absolute atomic E-state index is 0.133. The Morgan fingerprint density at radius 3 is 3.08 bits per heavy atom. The molecule has 0 amide bonds. The highest BCUT2D eigenvalue weighted by Gasteiger charge is 2.14. The first-order valence-electron chi connectivity index (χ1n) is 3.22. The Kier molecular flexibility index (Phi) is 2.61. The molecular formula is C7H6BrN3O. The van der Waals surface area contributed by atoms with Crippen molar-refractivity contribution in [2.24, 2.45) is 7.05 Å². The molecule has 0 aliphatic rings. The van der Waals surface area contributed by atoms with Crippen molar-refractivity contribution in [3.05, 3.63) is 17.5 Å². The van der Waals surface area contributed by atoms with Gasteiger partial charge in [0, 0.05) is 7.05 Å². The van der Waals surface area contributed by atoms with Gasteiger partial charge in [-0.25, -0.2) is 0 Å². The van der Waals surface area contributed by atoms with Crippen molar-refractivity contribution in [1.82, 2.24) is 9.78 Å². The van der Waals surface area contributed by atoms with Gasteiger partial charge in [-0.1, -0.05) is 15.9 Å². The van der Waals surface area contributed by atoms with Crippen molar-refractivity contribution >= 4 is 21.7 Å². The minimum Gasteiger partial charge on any atom is -0.291 e. The first-order valence-corrected chi connectivity index (χ1v) is 4.34. The Morgan fingerprint density at radius 1 is 1.92 bits per heavy atom. The Morgan fingerprint density at radius 2 is 2.58 bits per heavy atom. The average Bonchev–Trinajstić information content (AvgIpc) is 2.45. The van der Waals surface area contributed by atoms with Crippen molar-refractivity contribution < 1.29 is 4.79 Å². The fourth-order valence-corrected chi connectivity index (χ4v) is 1.18. The molecule has 1 aromatic rings. The maximum absolute atomic E-state index is 11.2. The molecule has 0 bridgehead atoms. The lowest BCUT2D eigenvalue weighted by Crippen LogP contribution is -2.09. The van der Waals surface area contributed by atoms with Crippen LogP contribution in [-0.2, 0) is 7.05 Å². The van der Waals surface area contributed by atoms with Crippen molar-refractivity contribution in [2.75, 3.05) is 5.33 Å². The van der Waals surface area contributed by atoms with E-state index in [1.54, 1.807) is 7.05 Å². The second-order valence-electron chi connectivity index (χ2n) is 2.20. The lowest BCUT2D eigenvalue weighted by Gasteiger charge is -1.96. The van der Waals surface area contributed by atoms with Gasteiger partial charge in [0.2, 0.25) is 0 Å². The smallest absolute Gasteiger partial charge is 0.192 e. The van der Waals surface area contributed by atoms with Gasteiger partial charge in [0.1, 0.15) is 17.3 Å². The Labute approximate surface area is 77.9 Å². The summed E-state index contributed by atoms with van der Waals surface area (Å²) < 4.78 is 1.40. The molecule has 0 saturated carbocycles. The van der Waals surface area contributed by atoms with Gasteiger partial charge in [-0.05, 0) is 0 Å². The van der Waals surface area contributed by atoms with Gasteiger partial charge in [-0.15, -0.1) is 0 Å². The van der Waals surface area contributed by atoms with Gasteiger partial charge < -0.3 is 0 Å². The maximum atomic E-state index is 11.2. The van der Waals surface area contributed by atoms with Crippen LogP contribution in [-0.4, -0.2) is 20.9 Å². The van der Waals surface area contributed by atoms with Crippen LogP contribution in [0.4, 0.5) is 0 Å². The fraction of sp³-hybridized carbons (Fsp3) is 0.286. The number of nitriles is 1. The number of carbonyl (C=O) groups excluding carboxylic acids is 1. The van der Waals surface area contributed by atoms with E-state index in [2.05, 4.69) is 21.0 Å². The molecule has 0 aliphatic heterocycles. The number of halogens is 1. The highest BCUT2D eigenvalue weighted by molar-refractivity contribution is 9.09. The topological polar surface area (TPSA) is 58.7 Å². The number of aromatic nitrogens is 2. The minimum atomic E-state index is -0.133. The van der Waals surface area contributed by atoms with E-state index in [1.165, 1.54) is 10.9 Å². The van der Waals surface area contributed by atoms with Crippen LogP contribution in [0.15, 0.2) is 6.20 Å². The second kappa shape index (κ2) is 3.50. The van der Waals surface area contributed by atoms with Gasteiger partial charge in [0.05, 0.1) is 11.5 Å². The molecule has 0 spiro atoms. The van der Waals surface area contributed by atoms with Crippen LogP contribution in [0.3, 0.4) is 0 Å². The molecule has 0 saturated heterocycles. The maximum Gasteiger partial charge on any atom is 0.192 e. The van der Waals surface area contributed by atoms with E-state index in [1.807, 2.05) is 6.07 Å². The zero-order chi connectivity index (χ0) is 9.14. The van der Waals surface area contributed by atoms with Crippen LogP contribution < -0.4 is 0 Å². The normalized spacial score (nSPS) is 9.42. The molecule has 1 aromatic heterocycles. The molecule has 0 atom stereocenters. The molecule has 1 heterocycles. The number of alkyl halides is 1. The van der Waals surface area contributed by atoms with Crippen LogP contribution in [0.2, 0.25) is 0 Å². The molecule has 0 N–H and O–H groups in total. The second-order valence-corrected chi connectivity index (χ2v) is 2.76. The number of ketones is 1. The van der Waals surface area contributed by atoms with Crippen LogP contribution >= 0.6 is 15.9 Å². The monoisotopic (exact) mass is 227 g/mol. The molecular weight excluding hydrogens is 222 g/mol. The van der Waals surface area contributed by atoms with Gasteiger partial charge in [0.15, 0.2) is 5.78 Å². The van der Waals surface area contributed by atoms with Gasteiger partial charge in [-0.3, -0.25) is 9.48 Å². The van der Waals surface area contributed by atoms with Crippen LogP contribution in [0, 0.1) is 11.3 Å². The summed E-state index contributed by atoms with van der Waals surface area (Å²) in [5.74, 6) is -0.133. The molecule has 0 unspecified atom stereocenters. The molecule has 0 radical (unpaired) electrons. The zero-order valence-electron chi connectivity index (χ0n) is 6.41. The third-order valence-corrected chi connectivity index (χ3v) is 1.95. The summed E-state index contributed by atoms with van der Waals surface area (Å²) in [6.45, 7) is 0. The fourth-order valence-electron chi connectivity index (χ4n) is 0.913. The predicted octanol–water partition coefficient (Wildman–Crippen LogP) is 0.869. The molecule has 0 aliphatic carbocycles. The molecule has 5 heteroatoms. The Balaban J connectivity index is 3.21. The summed E-state index contributed by atoms with van der Waals surface area (Å²) in [6.07, 6.45) is 1.38. The number of nitrogens with zero attached hydrogens (tertiary/aromatic N) is 3. The zero-order valence-corrected chi connectivity index (χ0v) is 8.00. The number of aryl methyl sites for hydroxylation is 1. The largest absolute Gasteiger partial charge is 0.291 e. The highest BCUT2D eigenvalue weighted by atomic mass is 79.9. The SMILES string of the molecule is Cn1ncc(C#N)c1C(=O)CBr. The molecule has 0 aromatic carbocycles. The third kappa shape index (κ3) is 1.38. The Hall–Kier alpha value is -1.15. The van der Waals surface area contributed by atoms with E-state index in [-0.39, 0.29) is 11.1 Å². The number of hydrogen-bond donors (Lipinski definition) is 0. The number of hydrogen-bond acceptors (Lipinski definition) is 3. The summed E-state index contributed by atoms with van der Waals surface area (Å²) in [5, 5.41) is 12.6. The molecule has 12 heavy (non-hydrogen) atoms. The molecule has 1 rings (SSSR count). The molecule has 0 fully saturated rings. The summed E-state index contributed by atoms with van der Waals surface area (Å²) >= 11 is 3.03. The number of rotatable bonds is 2. The van der Waals surface area contributed by atoms with E-state index in [9.17, 15) is 4.79 Å². The number of Topliss-reactive ketones (excluding diaryl/α,β-unsaturated/α-hetero) is 1.